The molecule has 0 aliphatic rings. The largest absolute Gasteiger partial charge is 0.416 e. The quantitative estimate of drug-likeness (QED) is 0.870. The number of methoxy groups -OCH3 is 1. The van der Waals surface area contributed by atoms with Gasteiger partial charge in [0.05, 0.1) is 12.2 Å². The van der Waals surface area contributed by atoms with Gasteiger partial charge in [0.25, 0.3) is 0 Å². The van der Waals surface area contributed by atoms with E-state index >= 15 is 0 Å². The first-order valence-corrected chi connectivity index (χ1v) is 4.67. The van der Waals surface area contributed by atoms with Crippen molar-refractivity contribution >= 4 is 0 Å². The second kappa shape index (κ2) is 4.43. The Hall–Kier alpha value is -1.07. The zero-order valence-electron chi connectivity index (χ0n) is 9.01. The van der Waals surface area contributed by atoms with Crippen molar-refractivity contribution in [3.05, 3.63) is 35.4 Å². The molecule has 0 bridgehead atoms. The number of hydrogen-bond acceptors (Lipinski definition) is 2. The van der Waals surface area contributed by atoms with Crippen molar-refractivity contribution in [3.63, 3.8) is 0 Å². The molecule has 1 atom stereocenters. The SMILES string of the molecule is COCC(C)(O)c1ccccc1C(F)(F)F. The predicted octanol–water partition coefficient (Wildman–Crippen LogP) is 2.56. The van der Waals surface area contributed by atoms with Gasteiger partial charge < -0.3 is 9.84 Å². The lowest BCUT2D eigenvalue weighted by atomic mass is 9.92. The summed E-state index contributed by atoms with van der Waals surface area (Å²) in [7, 11) is 1.32. The normalized spacial score (nSPS) is 15.9. The minimum absolute atomic E-state index is 0.177. The van der Waals surface area contributed by atoms with E-state index in [1.807, 2.05) is 0 Å². The Morgan fingerprint density at radius 1 is 1.19 bits per heavy atom. The standard InChI is InChI=1S/C11H13F3O2/c1-10(15,7-16-2)8-5-3-4-6-9(8)11(12,13)14/h3-6,15H,7H2,1-2H3. The molecule has 1 rings (SSSR count). The number of rotatable bonds is 3. The van der Waals surface area contributed by atoms with E-state index in [0.29, 0.717) is 0 Å². The lowest BCUT2D eigenvalue weighted by molar-refractivity contribution is -0.141. The van der Waals surface area contributed by atoms with Gasteiger partial charge in [-0.15, -0.1) is 0 Å². The molecule has 2 nitrogen and oxygen atoms in total. The van der Waals surface area contributed by atoms with Crippen LogP contribution < -0.4 is 0 Å². The molecule has 0 saturated heterocycles. The summed E-state index contributed by atoms with van der Waals surface area (Å²) in [5, 5.41) is 9.90. The molecular weight excluding hydrogens is 221 g/mol. The van der Waals surface area contributed by atoms with Gasteiger partial charge in [-0.05, 0) is 18.6 Å². The molecule has 0 aliphatic heterocycles. The highest BCUT2D eigenvalue weighted by Gasteiger charge is 2.38. The molecule has 0 amide bonds. The van der Waals surface area contributed by atoms with Crippen LogP contribution in [0.3, 0.4) is 0 Å². The number of aliphatic hydroxyl groups is 1. The summed E-state index contributed by atoms with van der Waals surface area (Å²) < 4.78 is 42.7. The van der Waals surface area contributed by atoms with E-state index in [2.05, 4.69) is 0 Å². The summed E-state index contributed by atoms with van der Waals surface area (Å²) in [4.78, 5) is 0. The van der Waals surface area contributed by atoms with E-state index in [1.165, 1.54) is 32.2 Å². The van der Waals surface area contributed by atoms with E-state index in [0.717, 1.165) is 6.07 Å². The predicted molar refractivity (Wildman–Crippen MR) is 52.9 cm³/mol. The third-order valence-electron chi connectivity index (χ3n) is 2.24. The van der Waals surface area contributed by atoms with Gasteiger partial charge in [0.2, 0.25) is 0 Å². The molecule has 5 heteroatoms. The van der Waals surface area contributed by atoms with Gasteiger partial charge in [0.15, 0.2) is 0 Å². The van der Waals surface area contributed by atoms with E-state index in [9.17, 15) is 18.3 Å². The Morgan fingerprint density at radius 2 is 1.69 bits per heavy atom. The van der Waals surface area contributed by atoms with Gasteiger partial charge in [-0.1, -0.05) is 18.2 Å². The highest BCUT2D eigenvalue weighted by Crippen LogP contribution is 2.36. The summed E-state index contributed by atoms with van der Waals surface area (Å²) >= 11 is 0. The molecule has 0 aliphatic carbocycles. The fourth-order valence-corrected chi connectivity index (χ4v) is 1.56. The third kappa shape index (κ3) is 2.74. The minimum atomic E-state index is -4.48. The molecule has 0 radical (unpaired) electrons. The van der Waals surface area contributed by atoms with Crippen LogP contribution in [0.5, 0.6) is 0 Å². The lowest BCUT2D eigenvalue weighted by Crippen LogP contribution is -2.30. The lowest BCUT2D eigenvalue weighted by Gasteiger charge is -2.26. The van der Waals surface area contributed by atoms with E-state index in [1.54, 1.807) is 0 Å². The van der Waals surface area contributed by atoms with Crippen molar-refractivity contribution in [1.29, 1.82) is 0 Å². The van der Waals surface area contributed by atoms with Crippen LogP contribution in [0.4, 0.5) is 13.2 Å². The molecule has 1 aromatic rings. The van der Waals surface area contributed by atoms with Crippen molar-refractivity contribution in [2.24, 2.45) is 0 Å². The highest BCUT2D eigenvalue weighted by molar-refractivity contribution is 5.34. The van der Waals surface area contributed by atoms with Gasteiger partial charge in [0, 0.05) is 7.11 Å². The molecular formula is C11H13F3O2. The molecule has 1 unspecified atom stereocenters. The van der Waals surface area contributed by atoms with Crippen LogP contribution in [0, 0.1) is 0 Å². The summed E-state index contributed by atoms with van der Waals surface area (Å²) in [6.07, 6.45) is -4.48. The number of benzene rings is 1. The van der Waals surface area contributed by atoms with E-state index < -0.39 is 17.3 Å². The highest BCUT2D eigenvalue weighted by atomic mass is 19.4. The topological polar surface area (TPSA) is 29.5 Å². The van der Waals surface area contributed by atoms with Gasteiger partial charge in [-0.25, -0.2) is 0 Å². The Labute approximate surface area is 91.7 Å². The van der Waals surface area contributed by atoms with Crippen LogP contribution in [0.2, 0.25) is 0 Å². The fraction of sp³-hybridized carbons (Fsp3) is 0.455. The Kier molecular flexibility index (Phi) is 3.60. The van der Waals surface area contributed by atoms with E-state index in [4.69, 9.17) is 4.74 Å². The number of halogens is 3. The van der Waals surface area contributed by atoms with Crippen molar-refractivity contribution in [2.75, 3.05) is 13.7 Å². The van der Waals surface area contributed by atoms with Crippen LogP contribution in [0.25, 0.3) is 0 Å². The Balaban J connectivity index is 3.23. The van der Waals surface area contributed by atoms with Gasteiger partial charge in [-0.3, -0.25) is 0 Å². The van der Waals surface area contributed by atoms with E-state index in [-0.39, 0.29) is 12.2 Å². The van der Waals surface area contributed by atoms with Crippen molar-refractivity contribution in [3.8, 4) is 0 Å². The first-order chi connectivity index (χ1) is 7.29. The maximum atomic E-state index is 12.7. The summed E-state index contributed by atoms with van der Waals surface area (Å²) in [5.74, 6) is 0. The maximum Gasteiger partial charge on any atom is 0.416 e. The average Bonchev–Trinajstić information content (AvgIpc) is 2.16. The third-order valence-corrected chi connectivity index (χ3v) is 2.24. The van der Waals surface area contributed by atoms with Crippen LogP contribution in [0.15, 0.2) is 24.3 Å². The first-order valence-electron chi connectivity index (χ1n) is 4.67. The van der Waals surface area contributed by atoms with Crippen LogP contribution in [-0.2, 0) is 16.5 Å². The van der Waals surface area contributed by atoms with Crippen molar-refractivity contribution in [1.82, 2.24) is 0 Å². The van der Waals surface area contributed by atoms with Gasteiger partial charge >= 0.3 is 6.18 Å². The average molecular weight is 234 g/mol. The summed E-state index contributed by atoms with van der Waals surface area (Å²) in [6.45, 7) is 1.10. The molecule has 0 heterocycles. The fourth-order valence-electron chi connectivity index (χ4n) is 1.56. The molecule has 0 spiro atoms. The summed E-state index contributed by atoms with van der Waals surface area (Å²) in [5.41, 5.74) is -2.66. The molecule has 90 valence electrons. The molecule has 1 aromatic carbocycles. The zero-order valence-corrected chi connectivity index (χ0v) is 9.01. The number of ether oxygens (including phenoxy) is 1. The molecule has 0 saturated carbocycles. The minimum Gasteiger partial charge on any atom is -0.383 e. The zero-order chi connectivity index (χ0) is 12.4. The molecule has 1 N–H and O–H groups in total. The molecule has 16 heavy (non-hydrogen) atoms. The second-order valence-corrected chi connectivity index (χ2v) is 3.75. The summed E-state index contributed by atoms with van der Waals surface area (Å²) in [6, 6.07) is 4.94. The van der Waals surface area contributed by atoms with Gasteiger partial charge in [-0.2, -0.15) is 13.2 Å². The van der Waals surface area contributed by atoms with Crippen molar-refractivity contribution in [2.45, 2.75) is 18.7 Å². The maximum absolute atomic E-state index is 12.7. The smallest absolute Gasteiger partial charge is 0.383 e. The molecule has 0 aromatic heterocycles. The Morgan fingerprint density at radius 3 is 2.12 bits per heavy atom. The Bertz CT molecular complexity index is 358. The second-order valence-electron chi connectivity index (χ2n) is 3.75. The monoisotopic (exact) mass is 234 g/mol. The van der Waals surface area contributed by atoms with Crippen LogP contribution in [0.1, 0.15) is 18.1 Å². The molecule has 0 fully saturated rings. The van der Waals surface area contributed by atoms with Crippen LogP contribution in [-0.4, -0.2) is 18.8 Å². The van der Waals surface area contributed by atoms with Crippen LogP contribution >= 0.6 is 0 Å². The van der Waals surface area contributed by atoms with Gasteiger partial charge in [0.1, 0.15) is 5.60 Å². The van der Waals surface area contributed by atoms with Crippen molar-refractivity contribution < 1.29 is 23.0 Å². The number of hydrogen-bond donors (Lipinski definition) is 1. The number of alkyl halides is 3. The first kappa shape index (κ1) is 13.0.